The predicted octanol–water partition coefficient (Wildman–Crippen LogP) is 3.51. The van der Waals surface area contributed by atoms with Gasteiger partial charge in [0, 0.05) is 13.1 Å². The maximum absolute atomic E-state index is 12.1. The number of aryl methyl sites for hydroxylation is 2. The molecule has 0 aliphatic heterocycles. The third-order valence-electron chi connectivity index (χ3n) is 3.79. The number of nitrogens with zero attached hydrogens (tertiary/aromatic N) is 2. The zero-order valence-corrected chi connectivity index (χ0v) is 20.6. The maximum Gasteiger partial charge on any atom is 0.407 e. The Morgan fingerprint density at radius 2 is 1.89 bits per heavy atom. The van der Waals surface area contributed by atoms with Crippen molar-refractivity contribution in [2.45, 2.75) is 73.6 Å². The number of nitrogens with one attached hydrogen (secondary N) is 3. The maximum atomic E-state index is 12.1. The molecule has 28 heavy (non-hydrogen) atoms. The van der Waals surface area contributed by atoms with Crippen LogP contribution >= 0.6 is 24.0 Å². The van der Waals surface area contributed by atoms with Crippen LogP contribution in [0.5, 0.6) is 0 Å². The Bertz CT molecular complexity index is 619. The number of alkyl carbamates (subject to hydrolysis) is 1. The highest BCUT2D eigenvalue weighted by atomic mass is 127. The van der Waals surface area contributed by atoms with Gasteiger partial charge in [0.15, 0.2) is 5.96 Å². The van der Waals surface area contributed by atoms with E-state index in [0.29, 0.717) is 24.9 Å². The number of aliphatic imine (C=N–C) groups is 1. The summed E-state index contributed by atoms with van der Waals surface area (Å²) >= 11 is 0. The first kappa shape index (κ1) is 26.5. The molecule has 9 heteroatoms. The van der Waals surface area contributed by atoms with Gasteiger partial charge in [0.05, 0.1) is 11.7 Å². The van der Waals surface area contributed by atoms with Gasteiger partial charge in [-0.3, -0.25) is 0 Å². The number of halogens is 1. The van der Waals surface area contributed by atoms with Gasteiger partial charge >= 0.3 is 6.09 Å². The molecule has 162 valence electrons. The monoisotopic (exact) mass is 509 g/mol. The summed E-state index contributed by atoms with van der Waals surface area (Å²) in [5, 5.41) is 9.36. The molecule has 0 radical (unpaired) electrons. The fourth-order valence-corrected chi connectivity index (χ4v) is 2.21. The smallest absolute Gasteiger partial charge is 0.407 e. The number of carbonyl (C=O) groups is 1. The summed E-state index contributed by atoms with van der Waals surface area (Å²) in [7, 11) is 0. The van der Waals surface area contributed by atoms with E-state index in [0.717, 1.165) is 18.0 Å². The molecule has 1 amide bonds. The second kappa shape index (κ2) is 12.1. The Labute approximate surface area is 185 Å². The van der Waals surface area contributed by atoms with Gasteiger partial charge in [0.2, 0.25) is 5.89 Å². The van der Waals surface area contributed by atoms with E-state index < -0.39 is 11.7 Å². The minimum absolute atomic E-state index is 0. The molecule has 8 nitrogen and oxygen atoms in total. The van der Waals surface area contributed by atoms with E-state index in [1.54, 1.807) is 0 Å². The summed E-state index contributed by atoms with van der Waals surface area (Å²) in [6, 6.07) is -0.102. The highest BCUT2D eigenvalue weighted by molar-refractivity contribution is 14.0. The van der Waals surface area contributed by atoms with Crippen molar-refractivity contribution in [2.24, 2.45) is 10.9 Å². The van der Waals surface area contributed by atoms with E-state index >= 15 is 0 Å². The second-order valence-corrected chi connectivity index (χ2v) is 7.82. The van der Waals surface area contributed by atoms with E-state index in [4.69, 9.17) is 9.15 Å². The Morgan fingerprint density at radius 1 is 1.25 bits per heavy atom. The Morgan fingerprint density at radius 3 is 2.36 bits per heavy atom. The van der Waals surface area contributed by atoms with Crippen molar-refractivity contribution in [1.82, 2.24) is 20.9 Å². The number of rotatable bonds is 7. The molecule has 1 aromatic heterocycles. The lowest BCUT2D eigenvalue weighted by atomic mass is 10.0. The number of hydrogen-bond donors (Lipinski definition) is 3. The SMILES string of the molecule is CCNC(=NCc1nc(C)c(C)o1)NCC(NC(=O)OC(C)(C)C)C(C)C.I. The number of amides is 1. The summed E-state index contributed by atoms with van der Waals surface area (Å²) in [5.74, 6) is 2.25. The summed E-state index contributed by atoms with van der Waals surface area (Å²) in [6.45, 7) is 17.0. The lowest BCUT2D eigenvalue weighted by Gasteiger charge is -2.26. The van der Waals surface area contributed by atoms with E-state index in [9.17, 15) is 4.79 Å². The lowest BCUT2D eigenvalue weighted by Crippen LogP contribution is -2.50. The molecule has 0 aliphatic carbocycles. The minimum atomic E-state index is -0.526. The zero-order chi connectivity index (χ0) is 20.6. The molecular formula is C19H36IN5O3. The molecule has 1 heterocycles. The van der Waals surface area contributed by atoms with Gasteiger partial charge in [-0.2, -0.15) is 0 Å². The third-order valence-corrected chi connectivity index (χ3v) is 3.79. The average molecular weight is 509 g/mol. The van der Waals surface area contributed by atoms with Crippen molar-refractivity contribution in [2.75, 3.05) is 13.1 Å². The van der Waals surface area contributed by atoms with Crippen LogP contribution in [0.4, 0.5) is 4.79 Å². The summed E-state index contributed by atoms with van der Waals surface area (Å²) in [5.41, 5.74) is 0.349. The van der Waals surface area contributed by atoms with Crippen LogP contribution in [0.25, 0.3) is 0 Å². The van der Waals surface area contributed by atoms with Crippen molar-refractivity contribution in [3.8, 4) is 0 Å². The van der Waals surface area contributed by atoms with Crippen LogP contribution in [0, 0.1) is 19.8 Å². The van der Waals surface area contributed by atoms with Crippen LogP contribution in [0.15, 0.2) is 9.41 Å². The fraction of sp³-hybridized carbons (Fsp3) is 0.737. The van der Waals surface area contributed by atoms with Crippen molar-refractivity contribution >= 4 is 36.0 Å². The van der Waals surface area contributed by atoms with Gasteiger partial charge in [-0.25, -0.2) is 14.8 Å². The molecule has 0 bridgehead atoms. The van der Waals surface area contributed by atoms with Gasteiger partial charge in [-0.15, -0.1) is 24.0 Å². The van der Waals surface area contributed by atoms with Crippen molar-refractivity contribution in [3.05, 3.63) is 17.3 Å². The van der Waals surface area contributed by atoms with Crippen LogP contribution in [0.1, 0.15) is 58.9 Å². The van der Waals surface area contributed by atoms with Crippen LogP contribution in [0.3, 0.4) is 0 Å². The molecule has 0 fully saturated rings. The Hall–Kier alpha value is -1.52. The molecule has 1 atom stereocenters. The normalized spacial score (nSPS) is 13.0. The fourth-order valence-electron chi connectivity index (χ4n) is 2.21. The quantitative estimate of drug-likeness (QED) is 0.296. The highest BCUT2D eigenvalue weighted by Gasteiger charge is 2.21. The van der Waals surface area contributed by atoms with Gasteiger partial charge in [0.1, 0.15) is 17.9 Å². The molecule has 0 aromatic carbocycles. The first-order chi connectivity index (χ1) is 12.5. The van der Waals surface area contributed by atoms with Crippen LogP contribution in [-0.2, 0) is 11.3 Å². The van der Waals surface area contributed by atoms with Gasteiger partial charge < -0.3 is 25.1 Å². The third kappa shape index (κ3) is 10.1. The zero-order valence-electron chi connectivity index (χ0n) is 18.3. The predicted molar refractivity (Wildman–Crippen MR) is 122 cm³/mol. The molecule has 1 unspecified atom stereocenters. The summed E-state index contributed by atoms with van der Waals surface area (Å²) < 4.78 is 10.9. The minimum Gasteiger partial charge on any atom is -0.444 e. The molecule has 0 spiro atoms. The molecule has 1 aromatic rings. The molecule has 0 saturated carbocycles. The number of carbonyl (C=O) groups excluding carboxylic acids is 1. The Balaban J connectivity index is 0.00000729. The molecule has 0 saturated heterocycles. The number of oxazole rings is 1. The molecule has 3 N–H and O–H groups in total. The second-order valence-electron chi connectivity index (χ2n) is 7.82. The largest absolute Gasteiger partial charge is 0.444 e. The average Bonchev–Trinajstić information content (AvgIpc) is 2.85. The van der Waals surface area contributed by atoms with Crippen molar-refractivity contribution in [3.63, 3.8) is 0 Å². The lowest BCUT2D eigenvalue weighted by molar-refractivity contribution is 0.0491. The number of ether oxygens (including phenoxy) is 1. The summed E-state index contributed by atoms with van der Waals surface area (Å²) in [4.78, 5) is 20.9. The topological polar surface area (TPSA) is 101 Å². The number of guanidine groups is 1. The molecular weight excluding hydrogens is 473 g/mol. The van der Waals surface area contributed by atoms with Gasteiger partial charge in [0.25, 0.3) is 0 Å². The number of hydrogen-bond acceptors (Lipinski definition) is 5. The first-order valence-electron chi connectivity index (χ1n) is 9.46. The van der Waals surface area contributed by atoms with E-state index in [2.05, 4.69) is 25.9 Å². The van der Waals surface area contributed by atoms with E-state index in [1.165, 1.54) is 0 Å². The standard InChI is InChI=1S/C19H35N5O3.HI/c1-9-20-17(22-11-16-23-13(4)14(5)26-16)21-10-15(12(2)3)24-18(25)27-19(6,7)8;/h12,15H,9-11H2,1-8H3,(H,24,25)(H2,20,21,22);1H. The van der Waals surface area contributed by atoms with E-state index in [1.807, 2.05) is 55.4 Å². The summed E-state index contributed by atoms with van der Waals surface area (Å²) in [6.07, 6.45) is -0.421. The van der Waals surface area contributed by atoms with Crippen LogP contribution < -0.4 is 16.0 Å². The van der Waals surface area contributed by atoms with Crippen molar-refractivity contribution in [1.29, 1.82) is 0 Å². The Kier molecular flexibility index (Phi) is 11.5. The number of aromatic nitrogens is 1. The molecule has 0 aliphatic rings. The first-order valence-corrected chi connectivity index (χ1v) is 9.46. The molecule has 1 rings (SSSR count). The van der Waals surface area contributed by atoms with Crippen molar-refractivity contribution < 1.29 is 13.9 Å². The van der Waals surface area contributed by atoms with E-state index in [-0.39, 0.29) is 35.9 Å². The van der Waals surface area contributed by atoms with Crippen LogP contribution in [-0.4, -0.2) is 41.8 Å². The highest BCUT2D eigenvalue weighted by Crippen LogP contribution is 2.10. The van der Waals surface area contributed by atoms with Crippen LogP contribution in [0.2, 0.25) is 0 Å². The van der Waals surface area contributed by atoms with Gasteiger partial charge in [-0.05, 0) is 47.5 Å². The van der Waals surface area contributed by atoms with Gasteiger partial charge in [-0.1, -0.05) is 13.8 Å².